The number of hydrogen-bond acceptors (Lipinski definition) is 3. The average Bonchev–Trinajstić information content (AvgIpc) is 3.01. The second-order valence-corrected chi connectivity index (χ2v) is 14.7. The average molecular weight is 779 g/mol. The number of rotatable bonds is 19. The molecule has 0 aliphatic carbocycles. The van der Waals surface area contributed by atoms with Gasteiger partial charge in [0.2, 0.25) is 7.44 Å². The van der Waals surface area contributed by atoms with Crippen molar-refractivity contribution in [3.8, 4) is 0 Å². The van der Waals surface area contributed by atoms with Crippen molar-refractivity contribution in [3.05, 3.63) is 0 Å². The van der Waals surface area contributed by atoms with E-state index >= 15 is 0 Å². The zero-order valence-corrected chi connectivity index (χ0v) is 26.6. The van der Waals surface area contributed by atoms with E-state index in [1.807, 2.05) is 9.34 Å². The van der Waals surface area contributed by atoms with Gasteiger partial charge >= 0.3 is 47.6 Å². The maximum absolute atomic E-state index is 14.0. The van der Waals surface area contributed by atoms with Crippen LogP contribution in [0.2, 0.25) is 0 Å². The Kier molecular flexibility index (Phi) is 14.3. The molecule has 2 aliphatic rings. The molecule has 2 aliphatic heterocycles. The summed E-state index contributed by atoms with van der Waals surface area (Å²) in [6.45, 7) is 3.66. The fourth-order valence-electron chi connectivity index (χ4n) is 5.27. The number of halogens is 17. The predicted octanol–water partition coefficient (Wildman–Crippen LogP) is 9.36. The molecule has 0 radical (unpaired) electrons. The van der Waals surface area contributed by atoms with Crippen LogP contribution in [-0.4, -0.2) is 116 Å². The molecule has 292 valence electrons. The molecule has 0 aromatic carbocycles. The van der Waals surface area contributed by atoms with E-state index < -0.39 is 74.3 Å². The molecule has 0 saturated carbocycles. The Labute approximate surface area is 270 Å². The third kappa shape index (κ3) is 8.58. The van der Waals surface area contributed by atoms with Crippen LogP contribution in [0.4, 0.5) is 74.6 Å². The van der Waals surface area contributed by atoms with Gasteiger partial charge in [0, 0.05) is 38.8 Å². The van der Waals surface area contributed by atoms with Gasteiger partial charge in [-0.05, 0) is 12.8 Å². The minimum Gasteiger partial charge on any atom is -0.379 e. The third-order valence-electron chi connectivity index (χ3n) is 8.34. The Morgan fingerprint density at radius 1 is 0.429 bits per heavy atom. The van der Waals surface area contributed by atoms with Gasteiger partial charge in [0.05, 0.1) is 26.4 Å². The molecule has 0 unspecified atom stereocenters. The van der Waals surface area contributed by atoms with Crippen molar-refractivity contribution in [1.82, 2.24) is 9.34 Å². The van der Waals surface area contributed by atoms with Gasteiger partial charge in [-0.1, -0.05) is 38.5 Å². The lowest BCUT2D eigenvalue weighted by Crippen LogP contribution is -2.74. The third-order valence-corrected chi connectivity index (χ3v) is 11.8. The minimum absolute atomic E-state index is 0.00503. The molecule has 0 bridgehead atoms. The van der Waals surface area contributed by atoms with Crippen molar-refractivity contribution in [1.29, 1.82) is 0 Å². The SMILES string of the molecule is O=P(CCCCCCCCCCC(F)(F)C(F)(F)C(F)(F)C(F)(F)C(F)(F)C(F)(F)C(F)(F)C(F)(F)F)(N1CCOCC1)N1CCOCC1. The highest BCUT2D eigenvalue weighted by Gasteiger charge is 2.95. The van der Waals surface area contributed by atoms with Gasteiger partial charge in [-0.2, -0.15) is 74.6 Å². The molecule has 23 heteroatoms. The fraction of sp³-hybridized carbons (Fsp3) is 1.00. The topological polar surface area (TPSA) is 42.0 Å². The summed E-state index contributed by atoms with van der Waals surface area (Å²) < 4.78 is 256. The summed E-state index contributed by atoms with van der Waals surface area (Å²) in [6, 6.07) is 0. The molecule has 0 N–H and O–H groups in total. The first-order valence-corrected chi connectivity index (χ1v) is 16.9. The van der Waals surface area contributed by atoms with Gasteiger partial charge in [0.25, 0.3) is 0 Å². The first kappa shape index (κ1) is 44.0. The summed E-state index contributed by atoms with van der Waals surface area (Å²) in [7, 11) is -2.91. The molecular weight excluding hydrogens is 742 g/mol. The molecule has 0 amide bonds. The lowest BCUT2D eigenvalue weighted by Gasteiger charge is -2.42. The Morgan fingerprint density at radius 3 is 1.10 bits per heavy atom. The van der Waals surface area contributed by atoms with Crippen LogP contribution in [0.1, 0.15) is 57.8 Å². The van der Waals surface area contributed by atoms with E-state index in [1.54, 1.807) is 0 Å². The Hall–Kier alpha value is -1.12. The maximum atomic E-state index is 14.0. The molecule has 2 fully saturated rings. The van der Waals surface area contributed by atoms with Crippen molar-refractivity contribution in [2.75, 3.05) is 58.8 Å². The second kappa shape index (κ2) is 15.9. The monoisotopic (exact) mass is 778 g/mol. The van der Waals surface area contributed by atoms with Gasteiger partial charge < -0.3 is 9.47 Å². The van der Waals surface area contributed by atoms with E-state index in [9.17, 15) is 79.2 Å². The molecule has 2 heterocycles. The van der Waals surface area contributed by atoms with Gasteiger partial charge in [-0.25, -0.2) is 9.34 Å². The minimum atomic E-state index is -8.61. The Bertz CT molecular complexity index is 1070. The molecule has 5 nitrogen and oxygen atoms in total. The first-order valence-electron chi connectivity index (χ1n) is 15.1. The summed E-state index contributed by atoms with van der Waals surface area (Å²) >= 11 is 0. The van der Waals surface area contributed by atoms with Crippen LogP contribution in [0.25, 0.3) is 0 Å². The summed E-state index contributed by atoms with van der Waals surface area (Å²) in [5.41, 5.74) is 0. The van der Waals surface area contributed by atoms with Crippen LogP contribution in [-0.2, 0) is 14.0 Å². The molecule has 0 aromatic rings. The lowest BCUT2D eigenvalue weighted by atomic mass is 9.87. The molecule has 0 aromatic heterocycles. The zero-order chi connectivity index (χ0) is 37.8. The van der Waals surface area contributed by atoms with Gasteiger partial charge in [-0.3, -0.25) is 4.57 Å². The van der Waals surface area contributed by atoms with E-state index in [2.05, 4.69) is 0 Å². The maximum Gasteiger partial charge on any atom is 0.460 e. The highest BCUT2D eigenvalue weighted by atomic mass is 31.2. The molecule has 0 atom stereocenters. The van der Waals surface area contributed by atoms with Crippen LogP contribution in [0.5, 0.6) is 0 Å². The van der Waals surface area contributed by atoms with Gasteiger partial charge in [-0.15, -0.1) is 0 Å². The van der Waals surface area contributed by atoms with E-state index in [0.29, 0.717) is 84.5 Å². The van der Waals surface area contributed by atoms with Crippen LogP contribution >= 0.6 is 7.44 Å². The smallest absolute Gasteiger partial charge is 0.379 e. The highest BCUT2D eigenvalue weighted by molar-refractivity contribution is 7.59. The summed E-state index contributed by atoms with van der Waals surface area (Å²) in [6.07, 6.45) is -8.90. The Balaban J connectivity index is 1.89. The summed E-state index contributed by atoms with van der Waals surface area (Å²) in [4.78, 5) is 0. The second-order valence-electron chi connectivity index (χ2n) is 11.7. The van der Waals surface area contributed by atoms with Crippen LogP contribution < -0.4 is 0 Å². The molecule has 2 saturated heterocycles. The fourth-order valence-corrected chi connectivity index (χ4v) is 8.41. The van der Waals surface area contributed by atoms with Crippen molar-refractivity contribution < 1.29 is 88.7 Å². The van der Waals surface area contributed by atoms with Crippen molar-refractivity contribution in [2.45, 2.75) is 105 Å². The van der Waals surface area contributed by atoms with E-state index in [-0.39, 0.29) is 12.8 Å². The number of nitrogens with zero attached hydrogens (tertiary/aromatic N) is 2. The lowest BCUT2D eigenvalue weighted by molar-refractivity contribution is -0.461. The predicted molar refractivity (Wildman–Crippen MR) is 139 cm³/mol. The normalized spacial score (nSPS) is 19.4. The van der Waals surface area contributed by atoms with E-state index in [1.165, 1.54) is 0 Å². The first-order chi connectivity index (χ1) is 22.2. The number of hydrogen-bond donors (Lipinski definition) is 0. The van der Waals surface area contributed by atoms with Crippen LogP contribution in [0.15, 0.2) is 0 Å². The van der Waals surface area contributed by atoms with E-state index in [4.69, 9.17) is 9.47 Å². The van der Waals surface area contributed by atoms with E-state index in [0.717, 1.165) is 0 Å². The Morgan fingerprint density at radius 2 is 0.735 bits per heavy atom. The number of alkyl halides is 17. The molecule has 2 rings (SSSR count). The quantitative estimate of drug-likeness (QED) is 0.0744. The molecular formula is C26H36F17N2O3P. The largest absolute Gasteiger partial charge is 0.460 e. The highest BCUT2D eigenvalue weighted by Crippen LogP contribution is 2.64. The van der Waals surface area contributed by atoms with Gasteiger partial charge in [0.15, 0.2) is 0 Å². The zero-order valence-electron chi connectivity index (χ0n) is 25.7. The number of unbranched alkanes of at least 4 members (excludes halogenated alkanes) is 7. The van der Waals surface area contributed by atoms with Crippen molar-refractivity contribution in [2.24, 2.45) is 0 Å². The van der Waals surface area contributed by atoms with Crippen molar-refractivity contribution >= 4 is 7.44 Å². The summed E-state index contributed by atoms with van der Waals surface area (Å²) in [5.74, 6) is -56.0. The number of ether oxygens (including phenoxy) is 2. The van der Waals surface area contributed by atoms with Crippen LogP contribution in [0.3, 0.4) is 0 Å². The van der Waals surface area contributed by atoms with Crippen molar-refractivity contribution in [3.63, 3.8) is 0 Å². The standard InChI is InChI=1S/C26H36F17N2O3P/c27-19(28,20(29,30)21(31,32)22(33,34)23(35,36)24(37,38)25(39,40)26(41,42)43)9-7-5-3-1-2-4-6-8-18-49(46,44-10-14-47-15-11-44)45-12-16-48-17-13-45/h1-18H2. The van der Waals surface area contributed by atoms with Crippen LogP contribution in [0, 0.1) is 0 Å². The molecule has 49 heavy (non-hydrogen) atoms. The van der Waals surface area contributed by atoms with Gasteiger partial charge in [0.1, 0.15) is 0 Å². The number of morpholine rings is 2. The summed E-state index contributed by atoms with van der Waals surface area (Å²) in [5, 5.41) is 0. The molecule has 0 spiro atoms.